The molecular weight excluding hydrogens is 314 g/mol. The quantitative estimate of drug-likeness (QED) is 0.414. The summed E-state index contributed by atoms with van der Waals surface area (Å²) in [6.07, 6.45) is 9.53. The van der Waals surface area contributed by atoms with Crippen molar-refractivity contribution in [2.75, 3.05) is 0 Å². The van der Waals surface area contributed by atoms with E-state index in [0.717, 1.165) is 12.1 Å². The summed E-state index contributed by atoms with van der Waals surface area (Å²) in [5.74, 6) is 0. The van der Waals surface area contributed by atoms with Gasteiger partial charge in [-0.1, -0.05) is 66.4 Å². The summed E-state index contributed by atoms with van der Waals surface area (Å²) in [5, 5.41) is 0. The first-order valence-corrected chi connectivity index (χ1v) is 9.78. The molecule has 0 aliphatic rings. The molecule has 1 nitrogen and oxygen atoms in total. The molecule has 0 radical (unpaired) electrons. The zero-order chi connectivity index (χ0) is 18.2. The second-order valence-electron chi connectivity index (χ2n) is 7.33. The maximum absolute atomic E-state index is 4.69. The highest BCUT2D eigenvalue weighted by atomic mass is 14.7. The van der Waals surface area contributed by atoms with Crippen LogP contribution in [0.3, 0.4) is 0 Å². The van der Waals surface area contributed by atoms with Crippen LogP contribution in [0.5, 0.6) is 0 Å². The summed E-state index contributed by atoms with van der Waals surface area (Å²) < 4.78 is 0. The molecule has 0 bridgehead atoms. The Morgan fingerprint density at radius 3 is 1.92 bits per heavy atom. The van der Waals surface area contributed by atoms with Gasteiger partial charge in [-0.05, 0) is 68.9 Å². The van der Waals surface area contributed by atoms with Gasteiger partial charge < -0.3 is 0 Å². The first kappa shape index (κ1) is 18.4. The summed E-state index contributed by atoms with van der Waals surface area (Å²) in [7, 11) is 0. The molecule has 0 saturated carbocycles. The Balaban J connectivity index is 1.42. The lowest BCUT2D eigenvalue weighted by atomic mass is 10.0. The van der Waals surface area contributed by atoms with Gasteiger partial charge in [-0.2, -0.15) is 0 Å². The number of hydrogen-bond acceptors (Lipinski definition) is 1. The molecular formula is C25H29N. The molecule has 3 aromatic rings. The summed E-state index contributed by atoms with van der Waals surface area (Å²) in [4.78, 5) is 4.69. The molecule has 0 atom stereocenters. The van der Waals surface area contributed by atoms with E-state index in [9.17, 15) is 0 Å². The molecule has 134 valence electrons. The van der Waals surface area contributed by atoms with Crippen molar-refractivity contribution in [2.24, 2.45) is 0 Å². The molecule has 0 unspecified atom stereocenters. The summed E-state index contributed by atoms with van der Waals surface area (Å²) >= 11 is 0. The maximum Gasteiger partial charge on any atom is 0.0702 e. The Morgan fingerprint density at radius 2 is 1.31 bits per heavy atom. The number of unbranched alkanes of at least 4 members (excludes halogenated alkanes) is 3. The number of benzene rings is 2. The Kier molecular flexibility index (Phi) is 6.60. The van der Waals surface area contributed by atoms with Crippen LogP contribution in [-0.2, 0) is 12.8 Å². The fraction of sp³-hybridized carbons (Fsp3) is 0.320. The van der Waals surface area contributed by atoms with E-state index >= 15 is 0 Å². The van der Waals surface area contributed by atoms with Gasteiger partial charge in [0.25, 0.3) is 0 Å². The number of aryl methyl sites for hydroxylation is 4. The van der Waals surface area contributed by atoms with Gasteiger partial charge in [0, 0.05) is 11.8 Å². The third-order valence-electron chi connectivity index (χ3n) is 4.87. The van der Waals surface area contributed by atoms with E-state index in [1.54, 1.807) is 0 Å². The van der Waals surface area contributed by atoms with Crippen molar-refractivity contribution < 1.29 is 0 Å². The second-order valence-corrected chi connectivity index (χ2v) is 7.33. The first-order chi connectivity index (χ1) is 12.7. The van der Waals surface area contributed by atoms with Crippen LogP contribution in [0.15, 0.2) is 66.9 Å². The lowest BCUT2D eigenvalue weighted by Crippen LogP contribution is -1.91. The van der Waals surface area contributed by atoms with Crippen LogP contribution in [0.1, 0.15) is 47.9 Å². The minimum absolute atomic E-state index is 1.07. The zero-order valence-corrected chi connectivity index (χ0v) is 16.0. The van der Waals surface area contributed by atoms with Crippen molar-refractivity contribution in [3.8, 4) is 11.3 Å². The van der Waals surface area contributed by atoms with Gasteiger partial charge >= 0.3 is 0 Å². The van der Waals surface area contributed by atoms with Gasteiger partial charge in [-0.15, -0.1) is 0 Å². The van der Waals surface area contributed by atoms with Crippen molar-refractivity contribution in [1.29, 1.82) is 0 Å². The van der Waals surface area contributed by atoms with Crippen LogP contribution >= 0.6 is 0 Å². The molecule has 0 amide bonds. The maximum atomic E-state index is 4.69. The molecule has 0 aliphatic heterocycles. The van der Waals surface area contributed by atoms with E-state index in [-0.39, 0.29) is 0 Å². The topological polar surface area (TPSA) is 12.9 Å². The fourth-order valence-electron chi connectivity index (χ4n) is 3.52. The number of pyridine rings is 1. The molecule has 0 aliphatic carbocycles. The van der Waals surface area contributed by atoms with E-state index < -0.39 is 0 Å². The molecule has 0 N–H and O–H groups in total. The van der Waals surface area contributed by atoms with Crippen molar-refractivity contribution in [1.82, 2.24) is 4.98 Å². The summed E-state index contributed by atoms with van der Waals surface area (Å²) in [6.45, 7) is 4.28. The molecule has 0 fully saturated rings. The van der Waals surface area contributed by atoms with Gasteiger partial charge in [0.2, 0.25) is 0 Å². The van der Waals surface area contributed by atoms with E-state index in [0.29, 0.717) is 0 Å². The molecule has 1 heteroatoms. The minimum Gasteiger partial charge on any atom is -0.256 e. The van der Waals surface area contributed by atoms with Gasteiger partial charge in [0.15, 0.2) is 0 Å². The van der Waals surface area contributed by atoms with Gasteiger partial charge in [0.05, 0.1) is 5.69 Å². The lowest BCUT2D eigenvalue weighted by Gasteiger charge is -2.06. The standard InChI is InChI=1S/C25H29N/c1-20-16-21(2)18-24(17-20)25-15-14-23(19-26-25)13-7-4-3-6-10-22-11-8-5-9-12-22/h5,8-9,11-12,14-19H,3-4,6-7,10,13H2,1-2H3. The molecule has 0 saturated heterocycles. The predicted octanol–water partition coefficient (Wildman–Crippen LogP) is 6.71. The third kappa shape index (κ3) is 5.56. The highest BCUT2D eigenvalue weighted by Crippen LogP contribution is 2.21. The van der Waals surface area contributed by atoms with Gasteiger partial charge in [0.1, 0.15) is 0 Å². The average molecular weight is 344 g/mol. The van der Waals surface area contributed by atoms with Crippen LogP contribution in [0, 0.1) is 13.8 Å². The van der Waals surface area contributed by atoms with E-state index in [1.807, 2.05) is 0 Å². The summed E-state index contributed by atoms with van der Waals surface area (Å²) in [5.41, 5.74) is 7.68. The molecule has 1 aromatic heterocycles. The molecule has 26 heavy (non-hydrogen) atoms. The van der Waals surface area contributed by atoms with Crippen molar-refractivity contribution in [2.45, 2.75) is 52.4 Å². The highest BCUT2D eigenvalue weighted by molar-refractivity contribution is 5.61. The van der Waals surface area contributed by atoms with E-state index in [2.05, 4.69) is 85.7 Å². The molecule has 3 rings (SSSR count). The van der Waals surface area contributed by atoms with Crippen LogP contribution in [0.4, 0.5) is 0 Å². The van der Waals surface area contributed by atoms with Crippen LogP contribution in [0.25, 0.3) is 11.3 Å². The Morgan fingerprint density at radius 1 is 0.654 bits per heavy atom. The van der Waals surface area contributed by atoms with Crippen molar-refractivity contribution in [3.63, 3.8) is 0 Å². The molecule has 1 heterocycles. The smallest absolute Gasteiger partial charge is 0.0702 e. The van der Waals surface area contributed by atoms with Crippen molar-refractivity contribution in [3.05, 3.63) is 89.1 Å². The second kappa shape index (κ2) is 9.33. The van der Waals surface area contributed by atoms with Crippen LogP contribution in [-0.4, -0.2) is 4.98 Å². The third-order valence-corrected chi connectivity index (χ3v) is 4.87. The zero-order valence-electron chi connectivity index (χ0n) is 16.0. The van der Waals surface area contributed by atoms with Crippen LogP contribution < -0.4 is 0 Å². The molecule has 0 spiro atoms. The first-order valence-electron chi connectivity index (χ1n) is 9.78. The van der Waals surface area contributed by atoms with E-state index in [4.69, 9.17) is 0 Å². The Labute approximate surface area is 158 Å². The number of nitrogens with zero attached hydrogens (tertiary/aromatic N) is 1. The minimum atomic E-state index is 1.07. The SMILES string of the molecule is Cc1cc(C)cc(-c2ccc(CCCCCCc3ccccc3)cn2)c1. The monoisotopic (exact) mass is 343 g/mol. The number of rotatable bonds is 8. The number of aromatic nitrogens is 1. The Hall–Kier alpha value is -2.41. The largest absolute Gasteiger partial charge is 0.256 e. The Bertz CT molecular complexity index is 783. The van der Waals surface area contributed by atoms with E-state index in [1.165, 1.54) is 59.9 Å². The average Bonchev–Trinajstić information content (AvgIpc) is 2.65. The van der Waals surface area contributed by atoms with Crippen LogP contribution in [0.2, 0.25) is 0 Å². The normalized spacial score (nSPS) is 10.8. The lowest BCUT2D eigenvalue weighted by molar-refractivity contribution is 0.640. The van der Waals surface area contributed by atoms with Crippen molar-refractivity contribution >= 4 is 0 Å². The number of hydrogen-bond donors (Lipinski definition) is 0. The van der Waals surface area contributed by atoms with Gasteiger partial charge in [-0.25, -0.2) is 0 Å². The fourth-order valence-corrected chi connectivity index (χ4v) is 3.52. The van der Waals surface area contributed by atoms with Gasteiger partial charge in [-0.3, -0.25) is 4.98 Å². The highest BCUT2D eigenvalue weighted by Gasteiger charge is 2.02. The summed E-state index contributed by atoms with van der Waals surface area (Å²) in [6, 6.07) is 21.8. The predicted molar refractivity (Wildman–Crippen MR) is 111 cm³/mol. The molecule has 2 aromatic carbocycles.